The van der Waals surface area contributed by atoms with Crippen molar-refractivity contribution in [3.8, 4) is 11.4 Å². The van der Waals surface area contributed by atoms with E-state index >= 15 is 0 Å². The van der Waals surface area contributed by atoms with Gasteiger partial charge in [0.05, 0.1) is 0 Å². The van der Waals surface area contributed by atoms with Gasteiger partial charge in [0.1, 0.15) is 11.5 Å². The van der Waals surface area contributed by atoms with Crippen molar-refractivity contribution >= 4 is 11.5 Å². The maximum Gasteiger partial charge on any atom is 0.276 e. The number of hydrogen-bond acceptors (Lipinski definition) is 4. The van der Waals surface area contributed by atoms with E-state index in [1.807, 2.05) is 31.2 Å². The van der Waals surface area contributed by atoms with Crippen LogP contribution in [-0.4, -0.2) is 9.97 Å². The molecule has 0 aliphatic heterocycles. The molecule has 2 aromatic rings. The van der Waals surface area contributed by atoms with Crippen LogP contribution in [-0.2, 0) is 0 Å². The van der Waals surface area contributed by atoms with Gasteiger partial charge in [-0.2, -0.15) is 0 Å². The summed E-state index contributed by atoms with van der Waals surface area (Å²) < 4.78 is 0. The Kier molecular flexibility index (Phi) is 2.36. The van der Waals surface area contributed by atoms with Crippen LogP contribution < -0.4 is 17.0 Å². The molecular formula is C11H12N4O. The van der Waals surface area contributed by atoms with E-state index in [9.17, 15) is 4.79 Å². The summed E-state index contributed by atoms with van der Waals surface area (Å²) in [6.07, 6.45) is 0. The van der Waals surface area contributed by atoms with E-state index in [0.717, 1.165) is 11.1 Å². The zero-order valence-corrected chi connectivity index (χ0v) is 8.82. The molecule has 5 heteroatoms. The number of anilines is 2. The Morgan fingerprint density at radius 1 is 1.25 bits per heavy atom. The van der Waals surface area contributed by atoms with Crippen molar-refractivity contribution in [2.24, 2.45) is 0 Å². The molecule has 0 unspecified atom stereocenters. The first-order valence-electron chi connectivity index (χ1n) is 4.81. The number of aryl methyl sites for hydroxylation is 1. The molecule has 5 N–H and O–H groups in total. The predicted molar refractivity (Wildman–Crippen MR) is 63.9 cm³/mol. The van der Waals surface area contributed by atoms with E-state index in [4.69, 9.17) is 11.5 Å². The van der Waals surface area contributed by atoms with E-state index in [1.54, 1.807) is 0 Å². The van der Waals surface area contributed by atoms with Crippen molar-refractivity contribution < 1.29 is 0 Å². The van der Waals surface area contributed by atoms with Crippen LogP contribution >= 0.6 is 0 Å². The minimum atomic E-state index is -0.411. The number of nitrogens with two attached hydrogens (primary N) is 2. The maximum atomic E-state index is 11.4. The molecule has 0 fully saturated rings. The van der Waals surface area contributed by atoms with Crippen LogP contribution in [0, 0.1) is 6.92 Å². The van der Waals surface area contributed by atoms with Crippen LogP contribution in [0.3, 0.4) is 0 Å². The van der Waals surface area contributed by atoms with Crippen molar-refractivity contribution in [1.82, 2.24) is 9.97 Å². The van der Waals surface area contributed by atoms with Gasteiger partial charge in [-0.15, -0.1) is 0 Å². The number of aromatic nitrogens is 2. The summed E-state index contributed by atoms with van der Waals surface area (Å²) in [5.41, 5.74) is 12.4. The molecule has 5 nitrogen and oxygen atoms in total. The SMILES string of the molecule is Cc1ccccc1-c1nc(N)c(N)c(=O)[nH]1. The summed E-state index contributed by atoms with van der Waals surface area (Å²) in [5.74, 6) is 0.497. The number of H-pyrrole nitrogens is 1. The molecule has 0 amide bonds. The van der Waals surface area contributed by atoms with E-state index < -0.39 is 5.56 Å². The van der Waals surface area contributed by atoms with E-state index in [-0.39, 0.29) is 11.5 Å². The highest BCUT2D eigenvalue weighted by Gasteiger charge is 2.08. The first kappa shape index (κ1) is 10.2. The molecule has 1 heterocycles. The Balaban J connectivity index is 2.67. The van der Waals surface area contributed by atoms with Crippen molar-refractivity contribution in [3.63, 3.8) is 0 Å². The highest BCUT2D eigenvalue weighted by Crippen LogP contribution is 2.19. The Hall–Kier alpha value is -2.30. The van der Waals surface area contributed by atoms with Gasteiger partial charge in [0.25, 0.3) is 5.56 Å². The number of hydrogen-bond donors (Lipinski definition) is 3. The van der Waals surface area contributed by atoms with Crippen LogP contribution in [0.1, 0.15) is 5.56 Å². The Morgan fingerprint density at radius 2 is 1.94 bits per heavy atom. The summed E-state index contributed by atoms with van der Waals surface area (Å²) in [4.78, 5) is 18.1. The molecular weight excluding hydrogens is 204 g/mol. The monoisotopic (exact) mass is 216 g/mol. The van der Waals surface area contributed by atoms with Crippen LogP contribution in [0.5, 0.6) is 0 Å². The van der Waals surface area contributed by atoms with E-state index in [0.29, 0.717) is 5.82 Å². The fraction of sp³-hybridized carbons (Fsp3) is 0.0909. The summed E-state index contributed by atoms with van der Waals surface area (Å²) >= 11 is 0. The van der Waals surface area contributed by atoms with E-state index in [1.165, 1.54) is 0 Å². The lowest BCUT2D eigenvalue weighted by atomic mass is 10.1. The molecule has 2 rings (SSSR count). The van der Waals surface area contributed by atoms with Gasteiger partial charge in [-0.1, -0.05) is 24.3 Å². The van der Waals surface area contributed by atoms with Gasteiger partial charge in [0.15, 0.2) is 5.82 Å². The third-order valence-electron chi connectivity index (χ3n) is 2.38. The smallest absolute Gasteiger partial charge is 0.276 e. The molecule has 0 spiro atoms. The average molecular weight is 216 g/mol. The Bertz CT molecular complexity index is 589. The Morgan fingerprint density at radius 3 is 2.56 bits per heavy atom. The van der Waals surface area contributed by atoms with Gasteiger partial charge >= 0.3 is 0 Å². The number of rotatable bonds is 1. The summed E-state index contributed by atoms with van der Waals surface area (Å²) in [6.45, 7) is 1.93. The lowest BCUT2D eigenvalue weighted by molar-refractivity contribution is 1.14. The zero-order chi connectivity index (χ0) is 11.7. The lowest BCUT2D eigenvalue weighted by Gasteiger charge is -2.06. The molecule has 0 saturated carbocycles. The molecule has 82 valence electrons. The standard InChI is InChI=1S/C11H12N4O/c1-6-4-2-3-5-7(6)10-14-9(13)8(12)11(16)15-10/h2-5H,12H2,1H3,(H3,13,14,15,16). The summed E-state index contributed by atoms with van der Waals surface area (Å²) in [5, 5.41) is 0. The normalized spacial score (nSPS) is 10.3. The zero-order valence-electron chi connectivity index (χ0n) is 8.82. The number of benzene rings is 1. The lowest BCUT2D eigenvalue weighted by Crippen LogP contribution is -2.17. The molecule has 0 aliphatic rings. The average Bonchev–Trinajstić information content (AvgIpc) is 2.26. The number of aromatic amines is 1. The molecule has 0 aliphatic carbocycles. The molecule has 1 aromatic carbocycles. The number of nitrogen functional groups attached to an aromatic ring is 2. The van der Waals surface area contributed by atoms with Crippen LogP contribution in [0.15, 0.2) is 29.1 Å². The third-order valence-corrected chi connectivity index (χ3v) is 2.38. The minimum absolute atomic E-state index is 0.0441. The van der Waals surface area contributed by atoms with Crippen LogP contribution in [0.2, 0.25) is 0 Å². The fourth-order valence-electron chi connectivity index (χ4n) is 1.47. The van der Waals surface area contributed by atoms with Gasteiger partial charge < -0.3 is 16.5 Å². The van der Waals surface area contributed by atoms with Crippen LogP contribution in [0.25, 0.3) is 11.4 Å². The van der Waals surface area contributed by atoms with Crippen molar-refractivity contribution in [1.29, 1.82) is 0 Å². The van der Waals surface area contributed by atoms with E-state index in [2.05, 4.69) is 9.97 Å². The van der Waals surface area contributed by atoms with Crippen molar-refractivity contribution in [2.75, 3.05) is 11.5 Å². The predicted octanol–water partition coefficient (Wildman–Crippen LogP) is 0.910. The quantitative estimate of drug-likeness (QED) is 0.659. The highest BCUT2D eigenvalue weighted by atomic mass is 16.1. The Labute approximate surface area is 92.1 Å². The van der Waals surface area contributed by atoms with Crippen LogP contribution in [0.4, 0.5) is 11.5 Å². The first-order valence-corrected chi connectivity index (χ1v) is 4.81. The molecule has 1 aromatic heterocycles. The third kappa shape index (κ3) is 1.63. The van der Waals surface area contributed by atoms with Crippen molar-refractivity contribution in [3.05, 3.63) is 40.2 Å². The summed E-state index contributed by atoms with van der Waals surface area (Å²) in [7, 11) is 0. The van der Waals surface area contributed by atoms with Gasteiger partial charge in [-0.3, -0.25) is 4.79 Å². The minimum Gasteiger partial charge on any atom is -0.391 e. The molecule has 16 heavy (non-hydrogen) atoms. The number of nitrogens with zero attached hydrogens (tertiary/aromatic N) is 1. The topological polar surface area (TPSA) is 97.8 Å². The van der Waals surface area contributed by atoms with Gasteiger partial charge in [0.2, 0.25) is 0 Å². The molecule has 0 bridgehead atoms. The maximum absolute atomic E-state index is 11.4. The largest absolute Gasteiger partial charge is 0.391 e. The molecule has 0 radical (unpaired) electrons. The van der Waals surface area contributed by atoms with Gasteiger partial charge in [-0.25, -0.2) is 4.98 Å². The second-order valence-electron chi connectivity index (χ2n) is 3.53. The second kappa shape index (κ2) is 3.69. The second-order valence-corrected chi connectivity index (χ2v) is 3.53. The fourth-order valence-corrected chi connectivity index (χ4v) is 1.47. The highest BCUT2D eigenvalue weighted by molar-refractivity contribution is 5.65. The van der Waals surface area contributed by atoms with Gasteiger partial charge in [-0.05, 0) is 12.5 Å². The molecule has 0 saturated heterocycles. The number of nitrogens with one attached hydrogen (secondary N) is 1. The summed E-state index contributed by atoms with van der Waals surface area (Å²) in [6, 6.07) is 7.58. The first-order chi connectivity index (χ1) is 7.59. The van der Waals surface area contributed by atoms with Gasteiger partial charge in [0, 0.05) is 5.56 Å². The molecule has 0 atom stereocenters. The van der Waals surface area contributed by atoms with Crippen molar-refractivity contribution in [2.45, 2.75) is 6.92 Å².